The van der Waals surface area contributed by atoms with Gasteiger partial charge in [-0.15, -0.1) is 0 Å². The molecule has 0 unspecified atom stereocenters. The fraction of sp³-hybridized carbons (Fsp3) is 0.364. The number of carbonyl (C=O) groups excluding carboxylic acids is 2. The van der Waals surface area contributed by atoms with Crippen LogP contribution in [0.15, 0.2) is 12.3 Å². The SMILES string of the molecule is O=C1CCN(c2cnc(F)c(CCS(=O)(=O)O)c2)C(=O)N1. The van der Waals surface area contributed by atoms with Gasteiger partial charge in [0.1, 0.15) is 0 Å². The van der Waals surface area contributed by atoms with Crippen LogP contribution in [0.1, 0.15) is 12.0 Å². The van der Waals surface area contributed by atoms with Crippen LogP contribution >= 0.6 is 0 Å². The minimum Gasteiger partial charge on any atom is -0.292 e. The van der Waals surface area contributed by atoms with Crippen LogP contribution in [-0.2, 0) is 21.3 Å². The summed E-state index contributed by atoms with van der Waals surface area (Å²) in [4.78, 5) is 27.4. The van der Waals surface area contributed by atoms with Gasteiger partial charge in [0.2, 0.25) is 11.9 Å². The maximum atomic E-state index is 13.5. The Labute approximate surface area is 119 Å². The second-order valence-electron chi connectivity index (χ2n) is 4.43. The third-order valence-corrected chi connectivity index (χ3v) is 3.61. The van der Waals surface area contributed by atoms with Gasteiger partial charge in [0.15, 0.2) is 0 Å². The fourth-order valence-electron chi connectivity index (χ4n) is 1.85. The highest BCUT2D eigenvalue weighted by Crippen LogP contribution is 2.19. The highest BCUT2D eigenvalue weighted by Gasteiger charge is 2.25. The molecule has 1 saturated heterocycles. The molecule has 1 fully saturated rings. The van der Waals surface area contributed by atoms with Gasteiger partial charge in [-0.1, -0.05) is 0 Å². The summed E-state index contributed by atoms with van der Waals surface area (Å²) in [6.07, 6.45) is 0.936. The third-order valence-electron chi connectivity index (χ3n) is 2.89. The number of pyridine rings is 1. The molecule has 0 atom stereocenters. The van der Waals surface area contributed by atoms with E-state index in [1.165, 1.54) is 11.0 Å². The molecular weight excluding hydrogens is 305 g/mol. The summed E-state index contributed by atoms with van der Waals surface area (Å²) in [6.45, 7) is 0.121. The zero-order valence-corrected chi connectivity index (χ0v) is 11.6. The molecule has 0 aromatic carbocycles. The first-order valence-electron chi connectivity index (χ1n) is 5.97. The van der Waals surface area contributed by atoms with E-state index < -0.39 is 33.8 Å². The molecule has 0 aliphatic carbocycles. The number of hydrogen-bond donors (Lipinski definition) is 2. The molecule has 0 saturated carbocycles. The topological polar surface area (TPSA) is 117 Å². The number of anilines is 1. The van der Waals surface area contributed by atoms with Gasteiger partial charge in [0.05, 0.1) is 17.6 Å². The molecule has 1 aromatic rings. The average Bonchev–Trinajstić information content (AvgIpc) is 2.37. The Kier molecular flexibility index (Phi) is 4.19. The molecule has 1 aliphatic heterocycles. The highest BCUT2D eigenvalue weighted by atomic mass is 32.2. The molecule has 10 heteroatoms. The van der Waals surface area contributed by atoms with Gasteiger partial charge in [-0.05, 0) is 12.5 Å². The van der Waals surface area contributed by atoms with Gasteiger partial charge in [0.25, 0.3) is 10.1 Å². The smallest absolute Gasteiger partial charge is 0.292 e. The lowest BCUT2D eigenvalue weighted by Crippen LogP contribution is -2.49. The van der Waals surface area contributed by atoms with Crippen LogP contribution in [0.2, 0.25) is 0 Å². The van der Waals surface area contributed by atoms with Gasteiger partial charge >= 0.3 is 6.03 Å². The summed E-state index contributed by atoms with van der Waals surface area (Å²) in [5, 5.41) is 2.11. The number of nitrogens with one attached hydrogen (secondary N) is 1. The van der Waals surface area contributed by atoms with E-state index in [1.54, 1.807) is 0 Å². The van der Waals surface area contributed by atoms with Crippen molar-refractivity contribution in [2.75, 3.05) is 17.2 Å². The highest BCUT2D eigenvalue weighted by molar-refractivity contribution is 7.85. The lowest BCUT2D eigenvalue weighted by molar-refractivity contribution is -0.120. The van der Waals surface area contributed by atoms with E-state index in [0.29, 0.717) is 0 Å². The van der Waals surface area contributed by atoms with Gasteiger partial charge in [-0.2, -0.15) is 12.8 Å². The lowest BCUT2D eigenvalue weighted by atomic mass is 10.2. The first kappa shape index (κ1) is 15.3. The molecule has 21 heavy (non-hydrogen) atoms. The minimum absolute atomic E-state index is 0.0465. The molecule has 2 N–H and O–H groups in total. The van der Waals surface area contributed by atoms with Crippen LogP contribution in [0.25, 0.3) is 0 Å². The van der Waals surface area contributed by atoms with Crippen molar-refractivity contribution < 1.29 is 27.0 Å². The van der Waals surface area contributed by atoms with Crippen molar-refractivity contribution >= 4 is 27.7 Å². The Hall–Kier alpha value is -2.07. The van der Waals surface area contributed by atoms with Crippen LogP contribution in [0, 0.1) is 5.95 Å². The van der Waals surface area contributed by atoms with Crippen molar-refractivity contribution in [1.29, 1.82) is 0 Å². The number of nitrogens with zero attached hydrogens (tertiary/aromatic N) is 2. The third kappa shape index (κ3) is 3.95. The largest absolute Gasteiger partial charge is 0.328 e. The Bertz CT molecular complexity index is 691. The second kappa shape index (κ2) is 5.74. The van der Waals surface area contributed by atoms with Crippen LogP contribution in [-0.4, -0.2) is 42.2 Å². The zero-order valence-electron chi connectivity index (χ0n) is 10.7. The van der Waals surface area contributed by atoms with Crippen molar-refractivity contribution in [1.82, 2.24) is 10.3 Å². The monoisotopic (exact) mass is 317 g/mol. The lowest BCUT2D eigenvalue weighted by Gasteiger charge is -2.26. The number of rotatable bonds is 4. The predicted molar refractivity (Wildman–Crippen MR) is 69.8 cm³/mol. The second-order valence-corrected chi connectivity index (χ2v) is 6.01. The summed E-state index contributed by atoms with van der Waals surface area (Å²) < 4.78 is 43.6. The average molecular weight is 317 g/mol. The Morgan fingerprint density at radius 2 is 2.14 bits per heavy atom. The molecule has 0 radical (unpaired) electrons. The number of amides is 3. The number of urea groups is 1. The van der Waals surface area contributed by atoms with E-state index in [1.807, 2.05) is 0 Å². The quantitative estimate of drug-likeness (QED) is 0.601. The van der Waals surface area contributed by atoms with E-state index in [2.05, 4.69) is 10.3 Å². The Morgan fingerprint density at radius 1 is 1.43 bits per heavy atom. The minimum atomic E-state index is -4.23. The number of hydrogen-bond acceptors (Lipinski definition) is 5. The normalized spacial score (nSPS) is 16.0. The van der Waals surface area contributed by atoms with Crippen LogP contribution in [0.5, 0.6) is 0 Å². The van der Waals surface area contributed by atoms with E-state index >= 15 is 0 Å². The molecule has 0 spiro atoms. The number of aryl methyl sites for hydroxylation is 1. The first-order valence-corrected chi connectivity index (χ1v) is 7.58. The molecule has 2 heterocycles. The fourth-order valence-corrected chi connectivity index (χ4v) is 2.33. The molecular formula is C11H12FN3O5S. The summed E-state index contributed by atoms with van der Waals surface area (Å²) in [6, 6.07) is 0.614. The number of carbonyl (C=O) groups is 2. The maximum absolute atomic E-state index is 13.5. The number of halogens is 1. The molecule has 0 bridgehead atoms. The van der Waals surface area contributed by atoms with E-state index in [4.69, 9.17) is 4.55 Å². The van der Waals surface area contributed by atoms with Gasteiger partial charge in [0, 0.05) is 18.5 Å². The summed E-state index contributed by atoms with van der Waals surface area (Å²) in [7, 11) is -4.23. The molecule has 2 rings (SSSR count). The molecule has 1 aliphatic rings. The molecule has 8 nitrogen and oxygen atoms in total. The van der Waals surface area contributed by atoms with Crippen molar-refractivity contribution in [3.8, 4) is 0 Å². The van der Waals surface area contributed by atoms with Crippen LogP contribution in [0.3, 0.4) is 0 Å². The van der Waals surface area contributed by atoms with Crippen molar-refractivity contribution in [3.05, 3.63) is 23.8 Å². The first-order chi connectivity index (χ1) is 9.76. The Morgan fingerprint density at radius 3 is 2.76 bits per heavy atom. The zero-order chi connectivity index (χ0) is 15.6. The van der Waals surface area contributed by atoms with E-state index in [9.17, 15) is 22.4 Å². The number of aromatic nitrogens is 1. The van der Waals surface area contributed by atoms with Crippen molar-refractivity contribution in [2.45, 2.75) is 12.8 Å². The summed E-state index contributed by atoms with van der Waals surface area (Å²) >= 11 is 0. The predicted octanol–water partition coefficient (Wildman–Crippen LogP) is 0.0973. The summed E-state index contributed by atoms with van der Waals surface area (Å²) in [5.41, 5.74) is 0.196. The van der Waals surface area contributed by atoms with Gasteiger partial charge in [-0.25, -0.2) is 9.78 Å². The van der Waals surface area contributed by atoms with E-state index in [-0.39, 0.29) is 30.6 Å². The number of imide groups is 1. The van der Waals surface area contributed by atoms with Gasteiger partial charge in [-0.3, -0.25) is 19.6 Å². The standard InChI is InChI=1S/C11H12FN3O5S/c12-10-7(2-4-21(18,19)20)5-8(6-13-10)15-3-1-9(16)14-11(15)17/h5-6H,1-4H2,(H,14,16,17)(H,18,19,20). The molecule has 114 valence electrons. The van der Waals surface area contributed by atoms with Crippen molar-refractivity contribution in [2.24, 2.45) is 0 Å². The maximum Gasteiger partial charge on any atom is 0.328 e. The molecule has 3 amide bonds. The van der Waals surface area contributed by atoms with Crippen LogP contribution < -0.4 is 10.2 Å². The van der Waals surface area contributed by atoms with E-state index in [0.717, 1.165) is 6.20 Å². The van der Waals surface area contributed by atoms with Crippen LogP contribution in [0.4, 0.5) is 14.9 Å². The summed E-state index contributed by atoms with van der Waals surface area (Å²) in [5.74, 6) is -1.94. The Balaban J connectivity index is 2.22. The molecule has 1 aromatic heterocycles. The van der Waals surface area contributed by atoms with Gasteiger partial charge < -0.3 is 0 Å². The van der Waals surface area contributed by atoms with Crippen molar-refractivity contribution in [3.63, 3.8) is 0 Å².